The Morgan fingerprint density at radius 3 is 2.75 bits per heavy atom. The average molecular weight is 349 g/mol. The van der Waals surface area contributed by atoms with Crippen molar-refractivity contribution in [3.8, 4) is 0 Å². The molecular formula is C17H21ClN4O2. The van der Waals surface area contributed by atoms with Crippen molar-refractivity contribution in [1.82, 2.24) is 19.8 Å². The Bertz CT molecular complexity index is 810. The third kappa shape index (κ3) is 3.60. The van der Waals surface area contributed by atoms with Crippen LogP contribution in [-0.4, -0.2) is 52.9 Å². The van der Waals surface area contributed by atoms with Crippen LogP contribution < -0.4 is 5.56 Å². The van der Waals surface area contributed by atoms with E-state index in [1.807, 2.05) is 0 Å². The van der Waals surface area contributed by atoms with Crippen LogP contribution in [0.25, 0.3) is 10.9 Å². The molecule has 0 radical (unpaired) electrons. The molecule has 1 aromatic heterocycles. The highest BCUT2D eigenvalue weighted by molar-refractivity contribution is 6.31. The summed E-state index contributed by atoms with van der Waals surface area (Å²) in [6.07, 6.45) is 1.67. The van der Waals surface area contributed by atoms with Gasteiger partial charge in [-0.25, -0.2) is 4.98 Å². The van der Waals surface area contributed by atoms with Crippen LogP contribution >= 0.6 is 11.6 Å². The van der Waals surface area contributed by atoms with Crippen LogP contribution in [0.4, 0.5) is 0 Å². The van der Waals surface area contributed by atoms with Gasteiger partial charge in [0, 0.05) is 25.0 Å². The van der Waals surface area contributed by atoms with Crippen molar-refractivity contribution < 1.29 is 4.79 Å². The van der Waals surface area contributed by atoms with Gasteiger partial charge in [0.15, 0.2) is 0 Å². The van der Waals surface area contributed by atoms with E-state index in [1.54, 1.807) is 37.2 Å². The van der Waals surface area contributed by atoms with Gasteiger partial charge in [-0.15, -0.1) is 0 Å². The molecular weight excluding hydrogens is 328 g/mol. The Kier molecular flexibility index (Phi) is 4.87. The zero-order valence-electron chi connectivity index (χ0n) is 13.9. The second kappa shape index (κ2) is 6.91. The van der Waals surface area contributed by atoms with Gasteiger partial charge >= 0.3 is 0 Å². The van der Waals surface area contributed by atoms with Crippen molar-refractivity contribution in [2.24, 2.45) is 5.92 Å². The first-order valence-electron chi connectivity index (χ1n) is 8.06. The Morgan fingerprint density at radius 1 is 1.38 bits per heavy atom. The largest absolute Gasteiger partial charge is 0.349 e. The number of fused-ring (bicyclic) bond motifs is 1. The summed E-state index contributed by atoms with van der Waals surface area (Å²) < 4.78 is 0. The lowest BCUT2D eigenvalue weighted by molar-refractivity contribution is -0.134. The standard InChI is InChI=1S/C17H21ClN4O2/c1-21(2)17(24)11-5-7-22(8-6-11)10-15-19-14-9-12(18)3-4-13(14)16(23)20-15/h3-4,9,11H,5-8,10H2,1-2H3,(H,19,20,23). The van der Waals surface area contributed by atoms with Gasteiger partial charge in [-0.3, -0.25) is 14.5 Å². The molecule has 0 aliphatic carbocycles. The van der Waals surface area contributed by atoms with Gasteiger partial charge in [-0.05, 0) is 44.1 Å². The van der Waals surface area contributed by atoms with Crippen LogP contribution in [0.1, 0.15) is 18.7 Å². The summed E-state index contributed by atoms with van der Waals surface area (Å²) in [4.78, 5) is 35.4. The Morgan fingerprint density at radius 2 is 2.08 bits per heavy atom. The molecule has 1 saturated heterocycles. The molecule has 0 saturated carbocycles. The number of nitrogens with zero attached hydrogens (tertiary/aromatic N) is 3. The number of hydrogen-bond donors (Lipinski definition) is 1. The van der Waals surface area contributed by atoms with Gasteiger partial charge in [0.25, 0.3) is 5.56 Å². The topological polar surface area (TPSA) is 69.3 Å². The Hall–Kier alpha value is -1.92. The van der Waals surface area contributed by atoms with E-state index in [-0.39, 0.29) is 17.4 Å². The molecule has 128 valence electrons. The van der Waals surface area contributed by atoms with Gasteiger partial charge < -0.3 is 9.88 Å². The number of aromatic nitrogens is 2. The van der Waals surface area contributed by atoms with Crippen molar-refractivity contribution in [3.63, 3.8) is 0 Å². The number of halogens is 1. The van der Waals surface area contributed by atoms with Crippen LogP contribution in [0.2, 0.25) is 5.02 Å². The van der Waals surface area contributed by atoms with Crippen molar-refractivity contribution in [2.75, 3.05) is 27.2 Å². The third-order valence-electron chi connectivity index (χ3n) is 4.47. The van der Waals surface area contributed by atoms with E-state index in [1.165, 1.54) is 0 Å². The number of rotatable bonds is 3. The summed E-state index contributed by atoms with van der Waals surface area (Å²) in [5.41, 5.74) is 0.461. The molecule has 1 amide bonds. The number of aromatic amines is 1. The summed E-state index contributed by atoms with van der Waals surface area (Å²) >= 11 is 5.99. The summed E-state index contributed by atoms with van der Waals surface area (Å²) in [5, 5.41) is 1.10. The molecule has 1 aromatic carbocycles. The minimum atomic E-state index is -0.149. The SMILES string of the molecule is CN(C)C(=O)C1CCN(Cc2nc3cc(Cl)ccc3c(=O)[nH]2)CC1. The second-order valence-electron chi connectivity index (χ2n) is 6.46. The number of likely N-dealkylation sites (tertiary alicyclic amines) is 1. The molecule has 3 rings (SSSR count). The van der Waals surface area contributed by atoms with Gasteiger partial charge in [0.1, 0.15) is 5.82 Å². The predicted octanol–water partition coefficient (Wildman–Crippen LogP) is 1.88. The van der Waals surface area contributed by atoms with Crippen LogP contribution in [0.15, 0.2) is 23.0 Å². The molecule has 0 unspecified atom stereocenters. The molecule has 2 aromatic rings. The van der Waals surface area contributed by atoms with E-state index in [4.69, 9.17) is 11.6 Å². The van der Waals surface area contributed by atoms with Gasteiger partial charge in [0.05, 0.1) is 17.4 Å². The highest BCUT2D eigenvalue weighted by atomic mass is 35.5. The van der Waals surface area contributed by atoms with E-state index in [0.29, 0.717) is 28.3 Å². The Balaban J connectivity index is 1.70. The summed E-state index contributed by atoms with van der Waals surface area (Å²) in [6.45, 7) is 2.21. The molecule has 1 aliphatic rings. The molecule has 1 N–H and O–H groups in total. The smallest absolute Gasteiger partial charge is 0.258 e. The molecule has 0 bridgehead atoms. The van der Waals surface area contributed by atoms with Gasteiger partial charge in [-0.2, -0.15) is 0 Å². The van der Waals surface area contributed by atoms with Crippen molar-refractivity contribution in [3.05, 3.63) is 39.4 Å². The molecule has 1 aliphatic heterocycles. The Labute approximate surface area is 145 Å². The molecule has 0 atom stereocenters. The van der Waals surface area contributed by atoms with Crippen LogP contribution in [0.5, 0.6) is 0 Å². The van der Waals surface area contributed by atoms with Crippen LogP contribution in [0, 0.1) is 5.92 Å². The number of benzene rings is 1. The fraction of sp³-hybridized carbons (Fsp3) is 0.471. The first-order valence-corrected chi connectivity index (χ1v) is 8.44. The third-order valence-corrected chi connectivity index (χ3v) is 4.70. The molecule has 2 heterocycles. The van der Waals surface area contributed by atoms with Gasteiger partial charge in [0.2, 0.25) is 5.91 Å². The maximum absolute atomic E-state index is 12.2. The highest BCUT2D eigenvalue weighted by Gasteiger charge is 2.26. The molecule has 7 heteroatoms. The molecule has 1 fully saturated rings. The molecule has 0 spiro atoms. The first kappa shape index (κ1) is 16.9. The first-order chi connectivity index (χ1) is 11.4. The average Bonchev–Trinajstić information content (AvgIpc) is 2.54. The minimum Gasteiger partial charge on any atom is -0.349 e. The summed E-state index contributed by atoms with van der Waals surface area (Å²) in [7, 11) is 3.59. The normalized spacial score (nSPS) is 16.5. The van der Waals surface area contributed by atoms with Crippen molar-refractivity contribution >= 4 is 28.4 Å². The number of hydrogen-bond acceptors (Lipinski definition) is 4. The van der Waals surface area contributed by atoms with E-state index in [0.717, 1.165) is 25.9 Å². The number of amides is 1. The molecule has 24 heavy (non-hydrogen) atoms. The molecule has 6 nitrogen and oxygen atoms in total. The lowest BCUT2D eigenvalue weighted by atomic mass is 9.95. The minimum absolute atomic E-state index is 0.0960. The lowest BCUT2D eigenvalue weighted by Gasteiger charge is -2.32. The zero-order chi connectivity index (χ0) is 17.3. The van der Waals surface area contributed by atoms with Crippen LogP contribution in [0.3, 0.4) is 0 Å². The number of H-pyrrole nitrogens is 1. The van der Waals surface area contributed by atoms with E-state index in [9.17, 15) is 9.59 Å². The fourth-order valence-corrected chi connectivity index (χ4v) is 3.32. The monoisotopic (exact) mass is 348 g/mol. The summed E-state index contributed by atoms with van der Waals surface area (Å²) in [6, 6.07) is 5.08. The number of carbonyl (C=O) groups is 1. The maximum atomic E-state index is 12.2. The van der Waals surface area contributed by atoms with E-state index < -0.39 is 0 Å². The van der Waals surface area contributed by atoms with E-state index in [2.05, 4.69) is 14.9 Å². The fourth-order valence-electron chi connectivity index (χ4n) is 3.15. The second-order valence-corrected chi connectivity index (χ2v) is 6.89. The van der Waals surface area contributed by atoms with Crippen LogP contribution in [-0.2, 0) is 11.3 Å². The van der Waals surface area contributed by atoms with Crippen molar-refractivity contribution in [2.45, 2.75) is 19.4 Å². The van der Waals surface area contributed by atoms with Gasteiger partial charge in [-0.1, -0.05) is 11.6 Å². The number of nitrogens with one attached hydrogen (secondary N) is 1. The quantitative estimate of drug-likeness (QED) is 0.919. The zero-order valence-corrected chi connectivity index (χ0v) is 14.6. The number of piperidine rings is 1. The number of carbonyl (C=O) groups excluding carboxylic acids is 1. The lowest BCUT2D eigenvalue weighted by Crippen LogP contribution is -2.40. The van der Waals surface area contributed by atoms with Crippen molar-refractivity contribution in [1.29, 1.82) is 0 Å². The predicted molar refractivity (Wildman–Crippen MR) is 94.1 cm³/mol. The maximum Gasteiger partial charge on any atom is 0.258 e. The summed E-state index contributed by atoms with van der Waals surface area (Å²) in [5.74, 6) is 0.923. The highest BCUT2D eigenvalue weighted by Crippen LogP contribution is 2.20. The van der Waals surface area contributed by atoms with E-state index >= 15 is 0 Å².